The molecule has 234 valence electrons. The van der Waals surface area contributed by atoms with Crippen molar-refractivity contribution >= 4 is 17.6 Å². The summed E-state index contributed by atoms with van der Waals surface area (Å²) in [6.45, 7) is 6.74. The monoisotopic (exact) mass is 709 g/mol. The van der Waals surface area contributed by atoms with Crippen LogP contribution in [-0.2, 0) is 9.53 Å². The molecule has 0 bridgehead atoms. The lowest BCUT2D eigenvalue weighted by molar-refractivity contribution is -0.915. The molecule has 6 heteroatoms. The van der Waals surface area contributed by atoms with Crippen LogP contribution in [0.1, 0.15) is 127 Å². The fourth-order valence-electron chi connectivity index (χ4n) is 6.97. The van der Waals surface area contributed by atoms with Gasteiger partial charge in [-0.1, -0.05) is 121 Å². The standard InChI is InChI=1S/C36H53ClNO3.HI/c1-4-6-8-10-12-14-18-28(19-15-13-11-9-7-5-2)36(39)40-27-38(3)25-32-30-20-16-17-21-34(30)41-35-23-22-29(37)24-31(35)33(32)26-38;/h16-17,20-24,28,32-33H,4-15,18-19,25-27H2,1-3H3;1H/q+1;/p-1. The molecule has 2 heterocycles. The number of hydrogen-bond donors (Lipinski definition) is 0. The van der Waals surface area contributed by atoms with E-state index in [2.05, 4.69) is 45.2 Å². The number of hydrogen-bond acceptors (Lipinski definition) is 3. The van der Waals surface area contributed by atoms with Crippen molar-refractivity contribution in [1.29, 1.82) is 0 Å². The topological polar surface area (TPSA) is 35.5 Å². The fraction of sp³-hybridized carbons (Fsp3) is 0.639. The van der Waals surface area contributed by atoms with Crippen molar-refractivity contribution in [2.24, 2.45) is 5.92 Å². The lowest BCUT2D eigenvalue weighted by Crippen LogP contribution is -3.00. The van der Waals surface area contributed by atoms with Crippen molar-refractivity contribution in [3.63, 3.8) is 0 Å². The number of halogens is 2. The lowest BCUT2D eigenvalue weighted by Gasteiger charge is -2.30. The molecule has 2 aliphatic heterocycles. The Morgan fingerprint density at radius 1 is 0.833 bits per heavy atom. The predicted octanol–water partition coefficient (Wildman–Crippen LogP) is 7.40. The van der Waals surface area contributed by atoms with Crippen molar-refractivity contribution in [3.8, 4) is 11.5 Å². The van der Waals surface area contributed by atoms with Crippen molar-refractivity contribution in [3.05, 3.63) is 58.6 Å². The molecule has 2 aromatic rings. The summed E-state index contributed by atoms with van der Waals surface area (Å²) in [4.78, 5) is 13.5. The van der Waals surface area contributed by atoms with Gasteiger partial charge in [0.05, 0.1) is 26.1 Å². The number of fused-ring (bicyclic) bond motifs is 5. The molecular weight excluding hydrogens is 657 g/mol. The van der Waals surface area contributed by atoms with Gasteiger partial charge in [0, 0.05) is 28.0 Å². The number of nitrogens with zero attached hydrogens (tertiary/aromatic N) is 1. The van der Waals surface area contributed by atoms with E-state index in [1.54, 1.807) is 0 Å². The molecule has 0 amide bonds. The molecule has 0 saturated carbocycles. The Balaban J connectivity index is 0.00000484. The fourth-order valence-corrected chi connectivity index (χ4v) is 7.15. The van der Waals surface area contributed by atoms with Crippen LogP contribution in [0.5, 0.6) is 11.5 Å². The van der Waals surface area contributed by atoms with E-state index in [0.717, 1.165) is 60.9 Å². The molecule has 4 nitrogen and oxygen atoms in total. The van der Waals surface area contributed by atoms with Crippen LogP contribution in [0.25, 0.3) is 0 Å². The van der Waals surface area contributed by atoms with Crippen LogP contribution < -0.4 is 28.7 Å². The summed E-state index contributed by atoms with van der Waals surface area (Å²) in [6, 6.07) is 14.4. The molecule has 0 spiro atoms. The summed E-state index contributed by atoms with van der Waals surface area (Å²) in [6.07, 6.45) is 17.0. The molecule has 2 aromatic carbocycles. The van der Waals surface area contributed by atoms with Crippen LogP contribution in [-0.4, -0.2) is 37.3 Å². The highest BCUT2D eigenvalue weighted by molar-refractivity contribution is 6.30. The Kier molecular flexibility index (Phi) is 14.9. The average Bonchev–Trinajstić information content (AvgIpc) is 3.27. The van der Waals surface area contributed by atoms with Gasteiger partial charge < -0.3 is 33.5 Å². The Bertz CT molecular complexity index is 1090. The van der Waals surface area contributed by atoms with Crippen LogP contribution >= 0.6 is 11.6 Å². The molecule has 0 aromatic heterocycles. The molecular formula is C36H53ClINO3. The highest BCUT2D eigenvalue weighted by Crippen LogP contribution is 2.51. The minimum Gasteiger partial charge on any atom is -1.00 e. The Labute approximate surface area is 277 Å². The maximum atomic E-state index is 13.5. The summed E-state index contributed by atoms with van der Waals surface area (Å²) in [7, 11) is 2.24. The summed E-state index contributed by atoms with van der Waals surface area (Å²) >= 11 is 6.46. The number of esters is 1. The predicted molar refractivity (Wildman–Crippen MR) is 170 cm³/mol. The van der Waals surface area contributed by atoms with Crippen LogP contribution in [0.4, 0.5) is 0 Å². The molecule has 2 aliphatic rings. The van der Waals surface area contributed by atoms with Gasteiger partial charge in [0.2, 0.25) is 6.73 Å². The van der Waals surface area contributed by atoms with E-state index in [-0.39, 0.29) is 47.7 Å². The van der Waals surface area contributed by atoms with Gasteiger partial charge >= 0.3 is 5.97 Å². The van der Waals surface area contributed by atoms with Gasteiger partial charge in [-0.2, -0.15) is 0 Å². The number of quaternary nitrogens is 1. The number of rotatable bonds is 17. The third-order valence-electron chi connectivity index (χ3n) is 9.33. The van der Waals surface area contributed by atoms with Gasteiger partial charge in [-0.3, -0.25) is 9.28 Å². The van der Waals surface area contributed by atoms with Crippen molar-refractivity contribution < 1.29 is 42.7 Å². The summed E-state index contributed by atoms with van der Waals surface area (Å²) in [5.41, 5.74) is 2.40. The first-order valence-electron chi connectivity index (χ1n) is 16.5. The second-order valence-electron chi connectivity index (χ2n) is 12.9. The normalized spacial score (nSPS) is 20.6. The van der Waals surface area contributed by atoms with Crippen LogP contribution in [0, 0.1) is 5.92 Å². The first kappa shape index (κ1) is 35.2. The zero-order valence-electron chi connectivity index (χ0n) is 26.2. The first-order chi connectivity index (χ1) is 19.9. The summed E-state index contributed by atoms with van der Waals surface area (Å²) in [5.74, 6) is 2.41. The largest absolute Gasteiger partial charge is 1.00 e. The van der Waals surface area contributed by atoms with Crippen LogP contribution in [0.3, 0.4) is 0 Å². The molecule has 3 unspecified atom stereocenters. The van der Waals surface area contributed by atoms with Gasteiger partial charge in [0.15, 0.2) is 0 Å². The second-order valence-corrected chi connectivity index (χ2v) is 13.4. The van der Waals surface area contributed by atoms with Gasteiger partial charge in [0.1, 0.15) is 11.5 Å². The third kappa shape index (κ3) is 9.85. The van der Waals surface area contributed by atoms with E-state index in [9.17, 15) is 4.79 Å². The second kappa shape index (κ2) is 17.9. The minimum absolute atomic E-state index is 0. The molecule has 0 N–H and O–H groups in total. The van der Waals surface area contributed by atoms with Gasteiger partial charge in [0.25, 0.3) is 0 Å². The number of carbonyl (C=O) groups is 1. The molecule has 0 radical (unpaired) electrons. The smallest absolute Gasteiger partial charge is 0.313 e. The van der Waals surface area contributed by atoms with Crippen LogP contribution in [0.2, 0.25) is 5.02 Å². The number of likely N-dealkylation sites (N-methyl/N-ethyl adjacent to an activating group) is 1. The van der Waals surface area contributed by atoms with Crippen molar-refractivity contribution in [1.82, 2.24) is 0 Å². The lowest BCUT2D eigenvalue weighted by atomic mass is 9.84. The SMILES string of the molecule is CCCCCCCCC(CCCCCCCC)C(=O)OC[N+]1(C)CC2c3ccccc3Oc3ccc(Cl)cc3C2C1.[I-]. The minimum atomic E-state index is 0. The quantitative estimate of drug-likeness (QED) is 0.0744. The molecule has 42 heavy (non-hydrogen) atoms. The molecule has 0 aliphatic carbocycles. The van der Waals surface area contributed by atoms with Gasteiger partial charge in [-0.15, -0.1) is 0 Å². The Morgan fingerprint density at radius 2 is 1.38 bits per heavy atom. The van der Waals surface area contributed by atoms with E-state index in [1.165, 1.54) is 69.8 Å². The molecule has 1 fully saturated rings. The highest BCUT2D eigenvalue weighted by atomic mass is 127. The zero-order valence-corrected chi connectivity index (χ0v) is 29.1. The average molecular weight is 710 g/mol. The number of para-hydroxylation sites is 1. The van der Waals surface area contributed by atoms with Crippen LogP contribution in [0.15, 0.2) is 42.5 Å². The van der Waals surface area contributed by atoms with E-state index in [4.69, 9.17) is 21.1 Å². The Hall–Kier alpha value is -1.31. The third-order valence-corrected chi connectivity index (χ3v) is 9.57. The number of ether oxygens (including phenoxy) is 2. The van der Waals surface area contributed by atoms with Crippen molar-refractivity contribution in [2.45, 2.75) is 116 Å². The van der Waals surface area contributed by atoms with E-state index >= 15 is 0 Å². The van der Waals surface area contributed by atoms with Gasteiger partial charge in [-0.25, -0.2) is 0 Å². The number of likely N-dealkylation sites (tertiary alicyclic amines) is 1. The zero-order chi connectivity index (χ0) is 29.1. The number of carbonyl (C=O) groups excluding carboxylic acids is 1. The van der Waals surface area contributed by atoms with Gasteiger partial charge in [-0.05, 0) is 37.1 Å². The summed E-state index contributed by atoms with van der Waals surface area (Å²) < 4.78 is 13.3. The maximum Gasteiger partial charge on any atom is 0.313 e. The highest BCUT2D eigenvalue weighted by Gasteiger charge is 2.48. The van der Waals surface area contributed by atoms with E-state index < -0.39 is 0 Å². The van der Waals surface area contributed by atoms with E-state index in [1.807, 2.05) is 18.2 Å². The maximum absolute atomic E-state index is 13.5. The first-order valence-corrected chi connectivity index (χ1v) is 16.9. The van der Waals surface area contributed by atoms with Crippen molar-refractivity contribution in [2.75, 3.05) is 26.9 Å². The number of benzene rings is 2. The van der Waals surface area contributed by atoms with E-state index in [0.29, 0.717) is 11.2 Å². The molecule has 1 saturated heterocycles. The molecule has 4 rings (SSSR count). The Morgan fingerprint density at radius 3 is 2.02 bits per heavy atom. The molecule has 3 atom stereocenters. The summed E-state index contributed by atoms with van der Waals surface area (Å²) in [5, 5.41) is 0.733. The number of unbranched alkanes of at least 4 members (excludes halogenated alkanes) is 10.